The average molecular weight is 470 g/mol. The lowest BCUT2D eigenvalue weighted by Gasteiger charge is -2.08. The molecule has 0 aliphatic carbocycles. The average Bonchev–Trinajstić information content (AvgIpc) is 3.42. The number of rotatable bonds is 6. The summed E-state index contributed by atoms with van der Waals surface area (Å²) in [5.41, 5.74) is 4.32. The zero-order valence-corrected chi connectivity index (χ0v) is 19.7. The van der Waals surface area contributed by atoms with Gasteiger partial charge in [0.15, 0.2) is 0 Å². The predicted octanol–water partition coefficient (Wildman–Crippen LogP) is 4.24. The van der Waals surface area contributed by atoms with Crippen LogP contribution < -0.4 is 10.9 Å². The van der Waals surface area contributed by atoms with E-state index in [0.717, 1.165) is 32.9 Å². The van der Waals surface area contributed by atoms with Crippen LogP contribution in [0.5, 0.6) is 0 Å². The Morgan fingerprint density at radius 3 is 2.47 bits per heavy atom. The summed E-state index contributed by atoms with van der Waals surface area (Å²) in [5.74, 6) is -0.265. The molecule has 1 N–H and O–H groups in total. The molecule has 0 saturated heterocycles. The van der Waals surface area contributed by atoms with E-state index in [1.165, 1.54) is 22.2 Å². The van der Waals surface area contributed by atoms with Gasteiger partial charge in [0.2, 0.25) is 5.91 Å². The van der Waals surface area contributed by atoms with Crippen molar-refractivity contribution >= 4 is 27.5 Å². The van der Waals surface area contributed by atoms with E-state index in [1.807, 2.05) is 85.4 Å². The van der Waals surface area contributed by atoms with Crippen molar-refractivity contribution in [3.8, 4) is 16.9 Å². The van der Waals surface area contributed by atoms with Crippen LogP contribution in [0.15, 0.2) is 78.0 Å². The molecule has 7 nitrogen and oxygen atoms in total. The number of aromatic nitrogens is 4. The first kappa shape index (κ1) is 21.8. The Hall–Kier alpha value is -4.04. The number of carbonyl (C=O) groups is 1. The van der Waals surface area contributed by atoms with Crippen LogP contribution in [0.4, 0.5) is 0 Å². The summed E-state index contributed by atoms with van der Waals surface area (Å²) in [6.45, 7) is 4.08. The molecule has 1 amide bonds. The Morgan fingerprint density at radius 2 is 1.74 bits per heavy atom. The fourth-order valence-electron chi connectivity index (χ4n) is 3.88. The maximum atomic E-state index is 12.9. The third-order valence-electron chi connectivity index (χ3n) is 5.80. The maximum absolute atomic E-state index is 12.9. The smallest absolute Gasteiger partial charge is 0.262 e. The van der Waals surface area contributed by atoms with E-state index in [-0.39, 0.29) is 24.6 Å². The van der Waals surface area contributed by atoms with Crippen molar-refractivity contribution in [1.82, 2.24) is 24.6 Å². The van der Waals surface area contributed by atoms with E-state index in [1.54, 1.807) is 0 Å². The number of amides is 1. The minimum Gasteiger partial charge on any atom is -0.350 e. The van der Waals surface area contributed by atoms with Gasteiger partial charge in [-0.3, -0.25) is 14.2 Å². The number of para-hydroxylation sites is 1. The van der Waals surface area contributed by atoms with Crippen LogP contribution in [0.3, 0.4) is 0 Å². The van der Waals surface area contributed by atoms with Crippen LogP contribution in [0.1, 0.15) is 16.0 Å². The molecular formula is C26H23N5O2S. The molecule has 8 heteroatoms. The number of nitrogens with zero attached hydrogens (tertiary/aromatic N) is 4. The summed E-state index contributed by atoms with van der Waals surface area (Å²) in [5, 5.41) is 8.31. The molecule has 0 unspecified atom stereocenters. The fourth-order valence-corrected chi connectivity index (χ4v) is 4.87. The molecule has 0 aliphatic rings. The number of hydrogen-bond donors (Lipinski definition) is 1. The van der Waals surface area contributed by atoms with Gasteiger partial charge < -0.3 is 5.32 Å². The van der Waals surface area contributed by atoms with E-state index in [2.05, 4.69) is 10.3 Å². The van der Waals surface area contributed by atoms with Crippen molar-refractivity contribution in [2.45, 2.75) is 26.9 Å². The summed E-state index contributed by atoms with van der Waals surface area (Å²) < 4.78 is 3.18. The van der Waals surface area contributed by atoms with Crippen molar-refractivity contribution in [2.24, 2.45) is 0 Å². The summed E-state index contributed by atoms with van der Waals surface area (Å²) in [6, 6.07) is 19.7. The lowest BCUT2D eigenvalue weighted by molar-refractivity contribution is -0.121. The van der Waals surface area contributed by atoms with Crippen LogP contribution >= 0.6 is 11.3 Å². The summed E-state index contributed by atoms with van der Waals surface area (Å²) in [6.07, 6.45) is 3.37. The van der Waals surface area contributed by atoms with E-state index in [0.29, 0.717) is 10.2 Å². The molecule has 3 heterocycles. The number of carbonyl (C=O) groups excluding carboxylic acids is 1. The van der Waals surface area contributed by atoms with Gasteiger partial charge in [-0.2, -0.15) is 5.10 Å². The van der Waals surface area contributed by atoms with Crippen molar-refractivity contribution in [2.75, 3.05) is 0 Å². The second-order valence-corrected chi connectivity index (χ2v) is 9.27. The number of fused-ring (bicyclic) bond motifs is 1. The van der Waals surface area contributed by atoms with Gasteiger partial charge in [0.05, 0.1) is 23.1 Å². The van der Waals surface area contributed by atoms with Crippen molar-refractivity contribution in [3.63, 3.8) is 0 Å². The fraction of sp³-hybridized carbons (Fsp3) is 0.154. The first-order chi connectivity index (χ1) is 16.5. The molecule has 0 aliphatic heterocycles. The molecule has 3 aromatic heterocycles. The van der Waals surface area contributed by atoms with Gasteiger partial charge in [-0.1, -0.05) is 48.5 Å². The molecule has 0 radical (unpaired) electrons. The minimum atomic E-state index is -0.265. The highest BCUT2D eigenvalue weighted by Gasteiger charge is 2.16. The summed E-state index contributed by atoms with van der Waals surface area (Å²) >= 11 is 1.49. The Labute approximate surface area is 200 Å². The molecule has 170 valence electrons. The van der Waals surface area contributed by atoms with Gasteiger partial charge in [0.1, 0.15) is 11.4 Å². The second-order valence-electron chi connectivity index (χ2n) is 8.07. The monoisotopic (exact) mass is 469 g/mol. The van der Waals surface area contributed by atoms with Gasteiger partial charge >= 0.3 is 0 Å². The third-order valence-corrected chi connectivity index (χ3v) is 6.92. The Morgan fingerprint density at radius 1 is 1.03 bits per heavy atom. The topological polar surface area (TPSA) is 81.8 Å². The van der Waals surface area contributed by atoms with Crippen molar-refractivity contribution in [3.05, 3.63) is 99.5 Å². The Bertz CT molecular complexity index is 1530. The number of thiophene rings is 1. The maximum Gasteiger partial charge on any atom is 0.262 e. The SMILES string of the molecule is Cc1sc2ncn(CC(=O)NCc3cn(-c4ccccc4)nc3-c3ccccc3)c(=O)c2c1C. The van der Waals surface area contributed by atoms with Crippen LogP contribution in [-0.2, 0) is 17.9 Å². The molecular weight excluding hydrogens is 446 g/mol. The minimum absolute atomic E-state index is 0.0937. The lowest BCUT2D eigenvalue weighted by atomic mass is 10.1. The zero-order valence-electron chi connectivity index (χ0n) is 18.9. The molecule has 0 fully saturated rings. The third kappa shape index (κ3) is 4.15. The van der Waals surface area contributed by atoms with Gasteiger partial charge in [-0.05, 0) is 31.5 Å². The van der Waals surface area contributed by atoms with Crippen LogP contribution in [0.2, 0.25) is 0 Å². The van der Waals surface area contributed by atoms with Gasteiger partial charge in [-0.25, -0.2) is 9.67 Å². The normalized spacial score (nSPS) is 11.1. The molecule has 5 rings (SSSR count). The summed E-state index contributed by atoms with van der Waals surface area (Å²) in [4.78, 5) is 31.8. The van der Waals surface area contributed by atoms with Gasteiger partial charge in [-0.15, -0.1) is 11.3 Å². The van der Waals surface area contributed by atoms with E-state index < -0.39 is 0 Å². The lowest BCUT2D eigenvalue weighted by Crippen LogP contribution is -2.32. The summed E-state index contributed by atoms with van der Waals surface area (Å²) in [7, 11) is 0. The Kier molecular flexibility index (Phi) is 5.81. The van der Waals surface area contributed by atoms with Crippen LogP contribution in [0.25, 0.3) is 27.2 Å². The van der Waals surface area contributed by atoms with Crippen LogP contribution in [-0.4, -0.2) is 25.2 Å². The molecule has 0 spiro atoms. The molecule has 2 aromatic carbocycles. The van der Waals surface area contributed by atoms with E-state index in [9.17, 15) is 9.59 Å². The first-order valence-electron chi connectivity index (χ1n) is 10.9. The highest BCUT2D eigenvalue weighted by atomic mass is 32.1. The quantitative estimate of drug-likeness (QED) is 0.403. The largest absolute Gasteiger partial charge is 0.350 e. The standard InChI is InChI=1S/C26H23N5O2S/c1-17-18(2)34-25-23(17)26(33)30(16-28-25)15-22(32)27-13-20-14-31(21-11-7-4-8-12-21)29-24(20)19-9-5-3-6-10-19/h3-12,14,16H,13,15H2,1-2H3,(H,27,32). The number of nitrogens with one attached hydrogen (secondary N) is 1. The first-order valence-corrected chi connectivity index (χ1v) is 11.7. The molecule has 5 aromatic rings. The molecule has 34 heavy (non-hydrogen) atoms. The molecule has 0 atom stereocenters. The highest BCUT2D eigenvalue weighted by molar-refractivity contribution is 7.18. The van der Waals surface area contributed by atoms with Gasteiger partial charge in [0, 0.05) is 28.7 Å². The number of benzene rings is 2. The Balaban J connectivity index is 1.38. The van der Waals surface area contributed by atoms with E-state index >= 15 is 0 Å². The number of hydrogen-bond acceptors (Lipinski definition) is 5. The molecule has 0 bridgehead atoms. The van der Waals surface area contributed by atoms with E-state index in [4.69, 9.17) is 5.10 Å². The van der Waals surface area contributed by atoms with Crippen molar-refractivity contribution in [1.29, 1.82) is 0 Å². The highest BCUT2D eigenvalue weighted by Crippen LogP contribution is 2.26. The van der Waals surface area contributed by atoms with Gasteiger partial charge in [0.25, 0.3) is 5.56 Å². The second kappa shape index (κ2) is 9.07. The zero-order chi connectivity index (χ0) is 23.7. The number of aryl methyl sites for hydroxylation is 2. The van der Waals surface area contributed by atoms with Crippen LogP contribution in [0, 0.1) is 13.8 Å². The predicted molar refractivity (Wildman–Crippen MR) is 134 cm³/mol. The molecule has 0 saturated carbocycles. The van der Waals surface area contributed by atoms with Crippen molar-refractivity contribution < 1.29 is 4.79 Å².